The Morgan fingerprint density at radius 2 is 1.86 bits per heavy atom. The zero-order valence-corrected chi connectivity index (χ0v) is 12.9. The minimum absolute atomic E-state index is 0.839. The Labute approximate surface area is 128 Å². The SMILES string of the molecule is Cc1ccc2oc3c(-c4cccc[n+]4C)c(C)ccc3c2n1. The molecule has 1 aromatic carbocycles. The van der Waals surface area contributed by atoms with Crippen molar-refractivity contribution >= 4 is 22.1 Å². The summed E-state index contributed by atoms with van der Waals surface area (Å²) in [5.41, 5.74) is 7.17. The van der Waals surface area contributed by atoms with E-state index in [4.69, 9.17) is 4.42 Å². The van der Waals surface area contributed by atoms with Crippen LogP contribution in [0.5, 0.6) is 0 Å². The van der Waals surface area contributed by atoms with Crippen LogP contribution in [-0.4, -0.2) is 4.98 Å². The first kappa shape index (κ1) is 13.0. The fourth-order valence-corrected chi connectivity index (χ4v) is 3.00. The highest BCUT2D eigenvalue weighted by atomic mass is 16.3. The van der Waals surface area contributed by atoms with Crippen LogP contribution in [0.4, 0.5) is 0 Å². The van der Waals surface area contributed by atoms with Crippen molar-refractivity contribution < 1.29 is 8.98 Å². The Balaban J connectivity index is 2.16. The van der Waals surface area contributed by atoms with E-state index in [2.05, 4.69) is 54.0 Å². The number of benzene rings is 1. The molecular formula is C19H17N2O+. The van der Waals surface area contributed by atoms with E-state index in [0.29, 0.717) is 0 Å². The molecule has 22 heavy (non-hydrogen) atoms. The van der Waals surface area contributed by atoms with E-state index in [9.17, 15) is 0 Å². The standard InChI is InChI=1S/C19H17N2O/c1-12-7-9-14-18-16(10-8-13(2)20-18)22-19(14)17(12)15-6-4-5-11-21(15)3/h4-11H,1-3H3/q+1. The molecule has 3 heteroatoms. The summed E-state index contributed by atoms with van der Waals surface area (Å²) in [5.74, 6) is 0. The van der Waals surface area contributed by atoms with Gasteiger partial charge in [0.25, 0.3) is 0 Å². The summed E-state index contributed by atoms with van der Waals surface area (Å²) in [6.45, 7) is 4.12. The topological polar surface area (TPSA) is 29.9 Å². The third-order valence-electron chi connectivity index (χ3n) is 4.14. The van der Waals surface area contributed by atoms with Crippen LogP contribution in [0.15, 0.2) is 53.1 Å². The van der Waals surface area contributed by atoms with E-state index in [0.717, 1.165) is 39.0 Å². The molecule has 0 saturated carbocycles. The molecule has 3 nitrogen and oxygen atoms in total. The monoisotopic (exact) mass is 289 g/mol. The highest BCUT2D eigenvalue weighted by Gasteiger charge is 2.20. The molecule has 0 unspecified atom stereocenters. The zero-order valence-electron chi connectivity index (χ0n) is 12.9. The maximum Gasteiger partial charge on any atom is 0.216 e. The molecule has 3 heterocycles. The molecule has 4 aromatic rings. The van der Waals surface area contributed by atoms with Crippen LogP contribution in [0, 0.1) is 13.8 Å². The maximum absolute atomic E-state index is 6.15. The number of pyridine rings is 2. The van der Waals surface area contributed by atoms with Gasteiger partial charge in [0.2, 0.25) is 5.69 Å². The van der Waals surface area contributed by atoms with E-state index in [1.165, 1.54) is 5.56 Å². The van der Waals surface area contributed by atoms with Crippen molar-refractivity contribution in [1.29, 1.82) is 0 Å². The summed E-state index contributed by atoms with van der Waals surface area (Å²) in [5, 5.41) is 1.07. The van der Waals surface area contributed by atoms with E-state index >= 15 is 0 Å². The molecule has 0 N–H and O–H groups in total. The lowest BCUT2D eigenvalue weighted by Gasteiger charge is -2.04. The third kappa shape index (κ3) is 1.82. The molecule has 0 atom stereocenters. The zero-order chi connectivity index (χ0) is 15.3. The number of fused-ring (bicyclic) bond motifs is 3. The predicted octanol–water partition coefficient (Wildman–Crippen LogP) is 4.09. The van der Waals surface area contributed by atoms with Gasteiger partial charge in [-0.3, -0.25) is 0 Å². The second-order valence-electron chi connectivity index (χ2n) is 5.73. The number of aryl methyl sites for hydroxylation is 3. The molecule has 0 aliphatic carbocycles. The van der Waals surface area contributed by atoms with Gasteiger partial charge >= 0.3 is 0 Å². The lowest BCUT2D eigenvalue weighted by molar-refractivity contribution is -0.660. The maximum atomic E-state index is 6.15. The lowest BCUT2D eigenvalue weighted by Crippen LogP contribution is -2.30. The van der Waals surface area contributed by atoms with Crippen molar-refractivity contribution in [3.63, 3.8) is 0 Å². The quantitative estimate of drug-likeness (QED) is 0.494. The number of aromatic nitrogens is 2. The minimum Gasteiger partial charge on any atom is -0.453 e. The molecule has 0 amide bonds. The molecule has 0 spiro atoms. The first-order valence-electron chi connectivity index (χ1n) is 7.39. The fraction of sp³-hybridized carbons (Fsp3) is 0.158. The van der Waals surface area contributed by atoms with Gasteiger partial charge in [-0.1, -0.05) is 6.07 Å². The molecule has 3 aromatic heterocycles. The van der Waals surface area contributed by atoms with Gasteiger partial charge in [0, 0.05) is 23.2 Å². The van der Waals surface area contributed by atoms with Gasteiger partial charge in [0.1, 0.15) is 12.6 Å². The van der Waals surface area contributed by atoms with Crippen molar-refractivity contribution in [3.05, 3.63) is 59.9 Å². The van der Waals surface area contributed by atoms with E-state index in [1.54, 1.807) is 0 Å². The highest BCUT2D eigenvalue weighted by Crippen LogP contribution is 2.35. The second-order valence-corrected chi connectivity index (χ2v) is 5.73. The Morgan fingerprint density at radius 3 is 2.68 bits per heavy atom. The van der Waals surface area contributed by atoms with Gasteiger partial charge in [-0.25, -0.2) is 9.55 Å². The molecule has 0 saturated heterocycles. The molecular weight excluding hydrogens is 272 g/mol. The van der Waals surface area contributed by atoms with Crippen molar-refractivity contribution in [2.24, 2.45) is 7.05 Å². The third-order valence-corrected chi connectivity index (χ3v) is 4.14. The Kier molecular flexibility index (Phi) is 2.76. The Bertz CT molecular complexity index is 1010. The Morgan fingerprint density at radius 1 is 1.00 bits per heavy atom. The van der Waals surface area contributed by atoms with Crippen LogP contribution >= 0.6 is 0 Å². The van der Waals surface area contributed by atoms with Crippen molar-refractivity contribution in [3.8, 4) is 11.3 Å². The first-order valence-corrected chi connectivity index (χ1v) is 7.39. The van der Waals surface area contributed by atoms with Crippen molar-refractivity contribution in [2.75, 3.05) is 0 Å². The van der Waals surface area contributed by atoms with Gasteiger partial charge in [-0.05, 0) is 43.7 Å². The molecule has 0 aliphatic heterocycles. The number of hydrogen-bond acceptors (Lipinski definition) is 2. The van der Waals surface area contributed by atoms with Gasteiger partial charge in [0.05, 0.1) is 5.56 Å². The van der Waals surface area contributed by atoms with E-state index in [1.807, 2.05) is 25.1 Å². The number of hydrogen-bond donors (Lipinski definition) is 0. The molecule has 0 aliphatic rings. The van der Waals surface area contributed by atoms with Crippen molar-refractivity contribution in [1.82, 2.24) is 4.98 Å². The van der Waals surface area contributed by atoms with Crippen LogP contribution < -0.4 is 4.57 Å². The van der Waals surface area contributed by atoms with Crippen LogP contribution in [-0.2, 0) is 7.05 Å². The van der Waals surface area contributed by atoms with Gasteiger partial charge < -0.3 is 4.42 Å². The van der Waals surface area contributed by atoms with Crippen LogP contribution in [0.1, 0.15) is 11.3 Å². The average Bonchev–Trinajstić information content (AvgIpc) is 2.86. The van der Waals surface area contributed by atoms with Crippen LogP contribution in [0.25, 0.3) is 33.3 Å². The molecule has 108 valence electrons. The van der Waals surface area contributed by atoms with E-state index in [-0.39, 0.29) is 0 Å². The molecule has 4 rings (SSSR count). The summed E-state index contributed by atoms with van der Waals surface area (Å²) >= 11 is 0. The van der Waals surface area contributed by atoms with Gasteiger partial charge in [0.15, 0.2) is 17.4 Å². The molecule has 0 bridgehead atoms. The van der Waals surface area contributed by atoms with E-state index < -0.39 is 0 Å². The summed E-state index contributed by atoms with van der Waals surface area (Å²) in [6.07, 6.45) is 2.05. The number of furan rings is 1. The smallest absolute Gasteiger partial charge is 0.216 e. The molecule has 0 fully saturated rings. The normalized spacial score (nSPS) is 11.4. The summed E-state index contributed by atoms with van der Waals surface area (Å²) in [6, 6.07) is 14.4. The van der Waals surface area contributed by atoms with Crippen LogP contribution in [0.3, 0.4) is 0 Å². The van der Waals surface area contributed by atoms with Crippen molar-refractivity contribution in [2.45, 2.75) is 13.8 Å². The lowest BCUT2D eigenvalue weighted by atomic mass is 10.0. The highest BCUT2D eigenvalue weighted by molar-refractivity contribution is 6.07. The fourth-order valence-electron chi connectivity index (χ4n) is 3.00. The largest absolute Gasteiger partial charge is 0.453 e. The number of rotatable bonds is 1. The Hall–Kier alpha value is -2.68. The van der Waals surface area contributed by atoms with Gasteiger partial charge in [-0.15, -0.1) is 0 Å². The minimum atomic E-state index is 0.839. The van der Waals surface area contributed by atoms with Crippen LogP contribution in [0.2, 0.25) is 0 Å². The van der Waals surface area contributed by atoms with Gasteiger partial charge in [-0.2, -0.15) is 0 Å². The molecule has 0 radical (unpaired) electrons. The average molecular weight is 289 g/mol. The first-order chi connectivity index (χ1) is 10.6. The summed E-state index contributed by atoms with van der Waals surface area (Å²) in [7, 11) is 2.05. The predicted molar refractivity (Wildman–Crippen MR) is 87.6 cm³/mol. The second kappa shape index (κ2) is 4.67. The number of nitrogens with zero attached hydrogens (tertiary/aromatic N) is 2. The summed E-state index contributed by atoms with van der Waals surface area (Å²) < 4.78 is 8.27. The summed E-state index contributed by atoms with van der Waals surface area (Å²) in [4.78, 5) is 4.65.